The zero-order valence-corrected chi connectivity index (χ0v) is 9.80. The van der Waals surface area contributed by atoms with Gasteiger partial charge in [0.15, 0.2) is 0 Å². The van der Waals surface area contributed by atoms with Crippen molar-refractivity contribution in [2.24, 2.45) is 7.05 Å². The topological polar surface area (TPSA) is 17.8 Å². The molecule has 2 aromatic heterocycles. The standard InChI is InChI=1S/C15H14N2/c1-17-14(10-12-6-8-16-9-7-12)11-13-4-2-3-5-15(13)17/h2-9,11H,10H2,1H3. The van der Waals surface area contributed by atoms with Gasteiger partial charge in [-0.15, -0.1) is 0 Å². The molecule has 0 radical (unpaired) electrons. The lowest BCUT2D eigenvalue weighted by Gasteiger charge is -2.04. The van der Waals surface area contributed by atoms with Crippen LogP contribution in [0.15, 0.2) is 54.9 Å². The average molecular weight is 222 g/mol. The largest absolute Gasteiger partial charge is 0.347 e. The smallest absolute Gasteiger partial charge is 0.0479 e. The summed E-state index contributed by atoms with van der Waals surface area (Å²) < 4.78 is 2.26. The minimum absolute atomic E-state index is 0.952. The van der Waals surface area contributed by atoms with Crippen LogP contribution < -0.4 is 0 Å². The van der Waals surface area contributed by atoms with Crippen molar-refractivity contribution in [2.75, 3.05) is 0 Å². The van der Waals surface area contributed by atoms with Crippen LogP contribution in [0.3, 0.4) is 0 Å². The second-order valence-electron chi connectivity index (χ2n) is 4.29. The minimum atomic E-state index is 0.952. The summed E-state index contributed by atoms with van der Waals surface area (Å²) >= 11 is 0. The number of pyridine rings is 1. The third-order valence-corrected chi connectivity index (χ3v) is 3.19. The summed E-state index contributed by atoms with van der Waals surface area (Å²) in [4.78, 5) is 4.05. The second-order valence-corrected chi connectivity index (χ2v) is 4.29. The molecule has 2 heterocycles. The normalized spacial score (nSPS) is 10.9. The lowest BCUT2D eigenvalue weighted by molar-refractivity contribution is 0.879. The second kappa shape index (κ2) is 4.06. The lowest BCUT2D eigenvalue weighted by Crippen LogP contribution is -1.97. The first-order chi connectivity index (χ1) is 8.34. The van der Waals surface area contributed by atoms with Crippen molar-refractivity contribution in [2.45, 2.75) is 6.42 Å². The summed E-state index contributed by atoms with van der Waals surface area (Å²) in [5.74, 6) is 0. The van der Waals surface area contributed by atoms with Crippen LogP contribution in [0.5, 0.6) is 0 Å². The van der Waals surface area contributed by atoms with Gasteiger partial charge in [0.2, 0.25) is 0 Å². The monoisotopic (exact) mass is 222 g/mol. The van der Waals surface area contributed by atoms with Crippen LogP contribution in [-0.2, 0) is 13.5 Å². The van der Waals surface area contributed by atoms with Crippen LogP contribution in [0.25, 0.3) is 10.9 Å². The van der Waals surface area contributed by atoms with Gasteiger partial charge in [-0.05, 0) is 35.2 Å². The molecule has 0 aliphatic heterocycles. The fourth-order valence-electron chi connectivity index (χ4n) is 2.23. The molecule has 0 aliphatic rings. The molecule has 0 spiro atoms. The van der Waals surface area contributed by atoms with Gasteiger partial charge in [-0.3, -0.25) is 4.98 Å². The van der Waals surface area contributed by atoms with E-state index in [1.54, 1.807) is 0 Å². The van der Waals surface area contributed by atoms with Crippen LogP contribution in [0, 0.1) is 0 Å². The number of aryl methyl sites for hydroxylation is 1. The Morgan fingerprint density at radius 2 is 1.82 bits per heavy atom. The van der Waals surface area contributed by atoms with E-state index < -0.39 is 0 Å². The van der Waals surface area contributed by atoms with Gasteiger partial charge in [0.05, 0.1) is 0 Å². The molecule has 0 fully saturated rings. The molecule has 3 aromatic rings. The number of aromatic nitrogens is 2. The molecule has 0 N–H and O–H groups in total. The highest BCUT2D eigenvalue weighted by Crippen LogP contribution is 2.20. The summed E-state index contributed by atoms with van der Waals surface area (Å²) in [5.41, 5.74) is 3.92. The van der Waals surface area contributed by atoms with Crippen LogP contribution in [-0.4, -0.2) is 9.55 Å². The number of rotatable bonds is 2. The van der Waals surface area contributed by atoms with Gasteiger partial charge in [0.25, 0.3) is 0 Å². The Morgan fingerprint density at radius 1 is 1.06 bits per heavy atom. The molecule has 3 rings (SSSR count). The summed E-state index contributed by atoms with van der Waals surface area (Å²) in [5, 5.41) is 1.30. The van der Waals surface area contributed by atoms with Crippen molar-refractivity contribution in [1.82, 2.24) is 9.55 Å². The first-order valence-corrected chi connectivity index (χ1v) is 5.77. The Hall–Kier alpha value is -2.09. The number of nitrogens with zero attached hydrogens (tertiary/aromatic N) is 2. The lowest BCUT2D eigenvalue weighted by atomic mass is 10.1. The van der Waals surface area contributed by atoms with Crippen LogP contribution in [0.4, 0.5) is 0 Å². The molecule has 2 heteroatoms. The Kier molecular flexibility index (Phi) is 2.41. The first-order valence-electron chi connectivity index (χ1n) is 5.77. The molecule has 84 valence electrons. The van der Waals surface area contributed by atoms with Gasteiger partial charge in [0, 0.05) is 37.1 Å². The number of para-hydroxylation sites is 1. The number of benzene rings is 1. The molecule has 0 amide bonds. The van der Waals surface area contributed by atoms with Gasteiger partial charge < -0.3 is 4.57 Å². The Morgan fingerprint density at radius 3 is 2.59 bits per heavy atom. The molecular formula is C15H14N2. The van der Waals surface area contributed by atoms with E-state index in [1.165, 1.54) is 22.2 Å². The molecule has 0 saturated carbocycles. The fourth-order valence-corrected chi connectivity index (χ4v) is 2.23. The summed E-state index contributed by atoms with van der Waals surface area (Å²) in [6.07, 6.45) is 4.64. The summed E-state index contributed by atoms with van der Waals surface area (Å²) in [6, 6.07) is 14.9. The highest BCUT2D eigenvalue weighted by molar-refractivity contribution is 5.81. The highest BCUT2D eigenvalue weighted by atomic mass is 14.9. The van der Waals surface area contributed by atoms with E-state index in [0.29, 0.717) is 0 Å². The van der Waals surface area contributed by atoms with Crippen LogP contribution in [0.1, 0.15) is 11.3 Å². The van der Waals surface area contributed by atoms with Crippen molar-refractivity contribution >= 4 is 10.9 Å². The number of fused-ring (bicyclic) bond motifs is 1. The van der Waals surface area contributed by atoms with Crippen molar-refractivity contribution in [3.63, 3.8) is 0 Å². The highest BCUT2D eigenvalue weighted by Gasteiger charge is 2.05. The van der Waals surface area contributed by atoms with Gasteiger partial charge in [-0.25, -0.2) is 0 Å². The first kappa shape index (κ1) is 10.1. The van der Waals surface area contributed by atoms with E-state index >= 15 is 0 Å². The van der Waals surface area contributed by atoms with Gasteiger partial charge >= 0.3 is 0 Å². The zero-order chi connectivity index (χ0) is 11.7. The maximum absolute atomic E-state index is 4.05. The summed E-state index contributed by atoms with van der Waals surface area (Å²) in [6.45, 7) is 0. The summed E-state index contributed by atoms with van der Waals surface area (Å²) in [7, 11) is 2.12. The Labute approximate surface area is 101 Å². The molecule has 0 atom stereocenters. The van der Waals surface area contributed by atoms with Crippen molar-refractivity contribution < 1.29 is 0 Å². The van der Waals surface area contributed by atoms with E-state index in [4.69, 9.17) is 0 Å². The third-order valence-electron chi connectivity index (χ3n) is 3.19. The quantitative estimate of drug-likeness (QED) is 0.651. The SMILES string of the molecule is Cn1c(Cc2ccncc2)cc2ccccc21. The van der Waals surface area contributed by atoms with Crippen molar-refractivity contribution in [3.05, 3.63) is 66.1 Å². The Bertz CT molecular complexity index is 638. The van der Waals surface area contributed by atoms with Crippen LogP contribution >= 0.6 is 0 Å². The van der Waals surface area contributed by atoms with Gasteiger partial charge in [-0.2, -0.15) is 0 Å². The Balaban J connectivity index is 2.04. The molecule has 17 heavy (non-hydrogen) atoms. The zero-order valence-electron chi connectivity index (χ0n) is 9.80. The number of hydrogen-bond acceptors (Lipinski definition) is 1. The molecule has 2 nitrogen and oxygen atoms in total. The molecule has 0 unspecified atom stereocenters. The van der Waals surface area contributed by atoms with Crippen molar-refractivity contribution in [3.8, 4) is 0 Å². The van der Waals surface area contributed by atoms with Gasteiger partial charge in [-0.1, -0.05) is 18.2 Å². The third kappa shape index (κ3) is 1.82. The number of hydrogen-bond donors (Lipinski definition) is 0. The van der Waals surface area contributed by atoms with E-state index in [-0.39, 0.29) is 0 Å². The molecule has 0 aliphatic carbocycles. The van der Waals surface area contributed by atoms with E-state index in [1.807, 2.05) is 12.4 Å². The maximum atomic E-state index is 4.05. The maximum Gasteiger partial charge on any atom is 0.0479 e. The predicted molar refractivity (Wildman–Crippen MR) is 70.0 cm³/mol. The molecular weight excluding hydrogens is 208 g/mol. The molecule has 1 aromatic carbocycles. The molecule has 0 bridgehead atoms. The fraction of sp³-hybridized carbons (Fsp3) is 0.133. The van der Waals surface area contributed by atoms with Crippen molar-refractivity contribution in [1.29, 1.82) is 0 Å². The molecule has 0 saturated heterocycles. The van der Waals surface area contributed by atoms with Gasteiger partial charge in [0.1, 0.15) is 0 Å². The average Bonchev–Trinajstić information content (AvgIpc) is 2.68. The van der Waals surface area contributed by atoms with Crippen LogP contribution in [0.2, 0.25) is 0 Å². The van der Waals surface area contributed by atoms with E-state index in [9.17, 15) is 0 Å². The van der Waals surface area contributed by atoms with E-state index in [2.05, 4.69) is 59.1 Å². The predicted octanol–water partition coefficient (Wildman–Crippen LogP) is 3.16. The van der Waals surface area contributed by atoms with E-state index in [0.717, 1.165) is 6.42 Å². The minimum Gasteiger partial charge on any atom is -0.347 e.